The molecule has 0 aliphatic heterocycles. The molecule has 0 unspecified atom stereocenters. The molecule has 1 aromatic carbocycles. The first-order valence-electron chi connectivity index (χ1n) is 5.79. The Hall–Kier alpha value is -1.09. The highest BCUT2D eigenvalue weighted by atomic mass is 19.1. The molecular formula is C13H19FN2. The molecule has 2 rings (SSSR count). The van der Waals surface area contributed by atoms with Crippen molar-refractivity contribution in [3.63, 3.8) is 0 Å². The van der Waals surface area contributed by atoms with Crippen molar-refractivity contribution >= 4 is 5.69 Å². The third-order valence-electron chi connectivity index (χ3n) is 3.47. The number of benzene rings is 1. The quantitative estimate of drug-likeness (QED) is 0.833. The third kappa shape index (κ3) is 1.92. The van der Waals surface area contributed by atoms with Crippen molar-refractivity contribution in [2.24, 2.45) is 5.73 Å². The molecule has 0 bridgehead atoms. The molecule has 1 fully saturated rings. The highest BCUT2D eigenvalue weighted by molar-refractivity contribution is 5.56. The minimum Gasteiger partial charge on any atom is -0.377 e. The lowest BCUT2D eigenvalue weighted by Crippen LogP contribution is -2.34. The smallest absolute Gasteiger partial charge is 0.125 e. The van der Waals surface area contributed by atoms with Crippen LogP contribution >= 0.6 is 0 Å². The van der Waals surface area contributed by atoms with Gasteiger partial charge in [-0.05, 0) is 30.5 Å². The van der Waals surface area contributed by atoms with Gasteiger partial charge in [-0.15, -0.1) is 0 Å². The maximum atomic E-state index is 13.3. The average Bonchev–Trinajstić information content (AvgIpc) is 2.66. The highest BCUT2D eigenvalue weighted by Crippen LogP contribution is 2.40. The average molecular weight is 222 g/mol. The standard InChI is InChI=1S/C13H19FN2/c1-16(2)12-9-10(14)5-6-11(12)13(15)7-3-4-8-13/h5-6,9H,3-4,7-8,15H2,1-2H3. The van der Waals surface area contributed by atoms with Crippen LogP contribution < -0.4 is 10.6 Å². The number of nitrogens with two attached hydrogens (primary N) is 1. The van der Waals surface area contributed by atoms with Gasteiger partial charge in [-0.25, -0.2) is 4.39 Å². The summed E-state index contributed by atoms with van der Waals surface area (Å²) < 4.78 is 13.3. The Morgan fingerprint density at radius 2 is 1.88 bits per heavy atom. The molecule has 0 amide bonds. The Balaban J connectivity index is 2.47. The molecule has 2 nitrogen and oxygen atoms in total. The van der Waals surface area contributed by atoms with Crippen LogP contribution in [0.1, 0.15) is 31.2 Å². The summed E-state index contributed by atoms with van der Waals surface area (Å²) in [6.07, 6.45) is 4.33. The Morgan fingerprint density at radius 1 is 1.25 bits per heavy atom. The van der Waals surface area contributed by atoms with E-state index in [4.69, 9.17) is 5.73 Å². The van der Waals surface area contributed by atoms with Crippen molar-refractivity contribution in [2.45, 2.75) is 31.2 Å². The van der Waals surface area contributed by atoms with E-state index in [-0.39, 0.29) is 11.4 Å². The Kier molecular flexibility index (Phi) is 2.89. The molecule has 1 aromatic rings. The second-order valence-electron chi connectivity index (χ2n) is 4.92. The minimum absolute atomic E-state index is 0.200. The predicted octanol–water partition coefficient (Wildman–Crippen LogP) is 2.62. The van der Waals surface area contributed by atoms with Gasteiger partial charge in [0.2, 0.25) is 0 Å². The first kappa shape index (κ1) is 11.4. The summed E-state index contributed by atoms with van der Waals surface area (Å²) in [5.74, 6) is -0.200. The molecule has 0 aromatic heterocycles. The Labute approximate surface area is 96.2 Å². The van der Waals surface area contributed by atoms with Crippen LogP contribution in [-0.4, -0.2) is 14.1 Å². The predicted molar refractivity (Wildman–Crippen MR) is 65.1 cm³/mol. The van der Waals surface area contributed by atoms with Crippen LogP contribution in [0.3, 0.4) is 0 Å². The van der Waals surface area contributed by atoms with Crippen LogP contribution in [0.25, 0.3) is 0 Å². The van der Waals surface area contributed by atoms with Crippen LogP contribution in [0.2, 0.25) is 0 Å². The third-order valence-corrected chi connectivity index (χ3v) is 3.47. The fraction of sp³-hybridized carbons (Fsp3) is 0.538. The second-order valence-corrected chi connectivity index (χ2v) is 4.92. The van der Waals surface area contributed by atoms with Crippen LogP contribution in [0.4, 0.5) is 10.1 Å². The summed E-state index contributed by atoms with van der Waals surface area (Å²) in [6.45, 7) is 0. The van der Waals surface area contributed by atoms with Crippen LogP contribution in [0.5, 0.6) is 0 Å². The van der Waals surface area contributed by atoms with Crippen LogP contribution in [0, 0.1) is 5.82 Å². The molecular weight excluding hydrogens is 203 g/mol. The van der Waals surface area contributed by atoms with Crippen molar-refractivity contribution in [1.82, 2.24) is 0 Å². The summed E-state index contributed by atoms with van der Waals surface area (Å²) in [6, 6.07) is 4.92. The van der Waals surface area contributed by atoms with Crippen molar-refractivity contribution in [2.75, 3.05) is 19.0 Å². The van der Waals surface area contributed by atoms with Crippen molar-refractivity contribution in [1.29, 1.82) is 0 Å². The lowest BCUT2D eigenvalue weighted by molar-refractivity contribution is 0.461. The number of nitrogens with zero attached hydrogens (tertiary/aromatic N) is 1. The monoisotopic (exact) mass is 222 g/mol. The zero-order valence-corrected chi connectivity index (χ0v) is 9.96. The van der Waals surface area contributed by atoms with E-state index in [1.807, 2.05) is 25.1 Å². The van der Waals surface area contributed by atoms with Gasteiger partial charge in [-0.3, -0.25) is 0 Å². The van der Waals surface area contributed by atoms with Crippen molar-refractivity contribution < 1.29 is 4.39 Å². The van der Waals surface area contributed by atoms with Gasteiger partial charge in [0.15, 0.2) is 0 Å². The van der Waals surface area contributed by atoms with E-state index in [2.05, 4.69) is 0 Å². The highest BCUT2D eigenvalue weighted by Gasteiger charge is 2.33. The largest absolute Gasteiger partial charge is 0.377 e. The molecule has 0 spiro atoms. The Bertz CT molecular complexity index is 382. The molecule has 0 saturated heterocycles. The molecule has 1 aliphatic carbocycles. The molecule has 3 heteroatoms. The van der Waals surface area contributed by atoms with Crippen LogP contribution in [0.15, 0.2) is 18.2 Å². The van der Waals surface area contributed by atoms with Gasteiger partial charge in [0.1, 0.15) is 5.82 Å². The summed E-state index contributed by atoms with van der Waals surface area (Å²) in [5.41, 5.74) is 8.15. The topological polar surface area (TPSA) is 29.3 Å². The molecule has 1 saturated carbocycles. The van der Waals surface area contributed by atoms with Crippen molar-refractivity contribution in [3.05, 3.63) is 29.6 Å². The molecule has 0 atom stereocenters. The summed E-state index contributed by atoms with van der Waals surface area (Å²) in [7, 11) is 3.85. The van der Waals surface area contributed by atoms with Crippen molar-refractivity contribution in [3.8, 4) is 0 Å². The van der Waals surface area contributed by atoms with E-state index in [0.29, 0.717) is 0 Å². The van der Waals surface area contributed by atoms with Gasteiger partial charge >= 0.3 is 0 Å². The number of halogens is 1. The number of anilines is 1. The van der Waals surface area contributed by atoms with E-state index < -0.39 is 0 Å². The lowest BCUT2D eigenvalue weighted by atomic mass is 9.88. The minimum atomic E-state index is -0.257. The lowest BCUT2D eigenvalue weighted by Gasteiger charge is -2.29. The maximum absolute atomic E-state index is 13.3. The maximum Gasteiger partial charge on any atom is 0.125 e. The van der Waals surface area contributed by atoms with Gasteiger partial charge in [0.05, 0.1) is 0 Å². The number of rotatable bonds is 2. The summed E-state index contributed by atoms with van der Waals surface area (Å²) in [5, 5.41) is 0. The van der Waals surface area contributed by atoms with Gasteiger partial charge in [0.25, 0.3) is 0 Å². The SMILES string of the molecule is CN(C)c1cc(F)ccc1C1(N)CCCC1. The van der Waals surface area contributed by atoms with Gasteiger partial charge in [-0.2, -0.15) is 0 Å². The molecule has 1 aliphatic rings. The van der Waals surface area contributed by atoms with Gasteiger partial charge in [0, 0.05) is 25.3 Å². The summed E-state index contributed by atoms with van der Waals surface area (Å²) >= 11 is 0. The number of hydrogen-bond donors (Lipinski definition) is 1. The second kappa shape index (κ2) is 4.06. The molecule has 2 N–H and O–H groups in total. The van der Waals surface area contributed by atoms with E-state index in [9.17, 15) is 4.39 Å². The Morgan fingerprint density at radius 3 is 2.44 bits per heavy atom. The molecule has 0 heterocycles. The van der Waals surface area contributed by atoms with E-state index in [0.717, 1.165) is 24.1 Å². The van der Waals surface area contributed by atoms with Gasteiger partial charge in [-0.1, -0.05) is 18.9 Å². The first-order chi connectivity index (χ1) is 7.53. The van der Waals surface area contributed by atoms with E-state index in [1.165, 1.54) is 18.9 Å². The molecule has 88 valence electrons. The first-order valence-corrected chi connectivity index (χ1v) is 5.79. The molecule has 0 radical (unpaired) electrons. The summed E-state index contributed by atoms with van der Waals surface area (Å²) in [4.78, 5) is 1.94. The van der Waals surface area contributed by atoms with Crippen LogP contribution in [-0.2, 0) is 5.54 Å². The molecule has 16 heavy (non-hydrogen) atoms. The van der Waals surface area contributed by atoms with Gasteiger partial charge < -0.3 is 10.6 Å². The zero-order valence-electron chi connectivity index (χ0n) is 9.96. The fourth-order valence-corrected chi connectivity index (χ4v) is 2.57. The zero-order chi connectivity index (χ0) is 11.8. The normalized spacial score (nSPS) is 18.8. The van der Waals surface area contributed by atoms with E-state index >= 15 is 0 Å². The van der Waals surface area contributed by atoms with E-state index in [1.54, 1.807) is 6.07 Å². The number of hydrogen-bond acceptors (Lipinski definition) is 2. The fourth-order valence-electron chi connectivity index (χ4n) is 2.57.